The van der Waals surface area contributed by atoms with Crippen LogP contribution in [0.1, 0.15) is 43.6 Å². The lowest BCUT2D eigenvalue weighted by Gasteiger charge is -2.19. The number of benzene rings is 1. The molecule has 0 spiro atoms. The van der Waals surface area contributed by atoms with Gasteiger partial charge in [0.15, 0.2) is 0 Å². The molecular weight excluding hydrogens is 200 g/mol. The number of rotatable bonds is 1. The van der Waals surface area contributed by atoms with E-state index in [1.807, 2.05) is 32.9 Å². The summed E-state index contributed by atoms with van der Waals surface area (Å²) in [7, 11) is 0. The van der Waals surface area contributed by atoms with Crippen LogP contribution in [-0.4, -0.2) is 11.6 Å². The highest BCUT2D eigenvalue weighted by atomic mass is 16.6. The fraction of sp³-hybridized carbons (Fsp3) is 0.357. The molecule has 0 aromatic heterocycles. The van der Waals surface area contributed by atoms with Gasteiger partial charge < -0.3 is 4.74 Å². The highest BCUT2D eigenvalue weighted by Gasteiger charge is 2.17. The lowest BCUT2D eigenvalue weighted by Crippen LogP contribution is -2.23. The van der Waals surface area contributed by atoms with Crippen molar-refractivity contribution in [3.8, 4) is 11.8 Å². The SMILES string of the molecule is CC#Cc1ccc(C(=O)OC(C)(C)C)cc1. The van der Waals surface area contributed by atoms with Crippen LogP contribution in [0, 0.1) is 11.8 Å². The summed E-state index contributed by atoms with van der Waals surface area (Å²) < 4.78 is 5.25. The first-order valence-corrected chi connectivity index (χ1v) is 5.18. The van der Waals surface area contributed by atoms with E-state index in [1.54, 1.807) is 19.1 Å². The molecule has 1 rings (SSSR count). The van der Waals surface area contributed by atoms with Crippen LogP contribution in [0.5, 0.6) is 0 Å². The van der Waals surface area contributed by atoms with E-state index in [-0.39, 0.29) is 5.97 Å². The zero-order valence-electron chi connectivity index (χ0n) is 10.1. The number of hydrogen-bond acceptors (Lipinski definition) is 2. The second kappa shape index (κ2) is 4.85. The van der Waals surface area contributed by atoms with Gasteiger partial charge in [-0.15, -0.1) is 5.92 Å². The fourth-order valence-corrected chi connectivity index (χ4v) is 1.17. The van der Waals surface area contributed by atoms with E-state index in [4.69, 9.17) is 4.74 Å². The van der Waals surface area contributed by atoms with Gasteiger partial charge in [0.1, 0.15) is 5.60 Å². The van der Waals surface area contributed by atoms with Crippen molar-refractivity contribution in [3.63, 3.8) is 0 Å². The Morgan fingerprint density at radius 2 is 1.75 bits per heavy atom. The molecule has 0 unspecified atom stereocenters. The van der Waals surface area contributed by atoms with Gasteiger partial charge in [-0.1, -0.05) is 5.92 Å². The molecule has 16 heavy (non-hydrogen) atoms. The Labute approximate surface area is 96.6 Å². The zero-order chi connectivity index (χ0) is 12.2. The van der Waals surface area contributed by atoms with Gasteiger partial charge >= 0.3 is 5.97 Å². The van der Waals surface area contributed by atoms with Crippen LogP contribution < -0.4 is 0 Å². The summed E-state index contributed by atoms with van der Waals surface area (Å²) in [6.45, 7) is 7.33. The summed E-state index contributed by atoms with van der Waals surface area (Å²) >= 11 is 0. The molecule has 0 aliphatic rings. The van der Waals surface area contributed by atoms with Gasteiger partial charge in [0.2, 0.25) is 0 Å². The standard InChI is InChI=1S/C14H16O2/c1-5-6-11-7-9-12(10-8-11)13(15)16-14(2,3)4/h7-10H,1-4H3. The third-order valence-corrected chi connectivity index (χ3v) is 1.79. The molecule has 0 amide bonds. The van der Waals surface area contributed by atoms with E-state index in [9.17, 15) is 4.79 Å². The minimum absolute atomic E-state index is 0.302. The number of esters is 1. The fourth-order valence-electron chi connectivity index (χ4n) is 1.17. The molecule has 0 saturated carbocycles. The number of carbonyl (C=O) groups is 1. The molecule has 0 heterocycles. The Hall–Kier alpha value is -1.75. The van der Waals surface area contributed by atoms with Crippen molar-refractivity contribution in [1.82, 2.24) is 0 Å². The third kappa shape index (κ3) is 3.78. The van der Waals surface area contributed by atoms with Crippen LogP contribution >= 0.6 is 0 Å². The van der Waals surface area contributed by atoms with Crippen LogP contribution in [0.3, 0.4) is 0 Å². The lowest BCUT2D eigenvalue weighted by atomic mass is 10.1. The summed E-state index contributed by atoms with van der Waals surface area (Å²) in [6, 6.07) is 7.09. The predicted octanol–water partition coefficient (Wildman–Crippen LogP) is 3.01. The molecule has 0 aliphatic carbocycles. The first kappa shape index (κ1) is 12.3. The van der Waals surface area contributed by atoms with Gasteiger partial charge in [0.05, 0.1) is 5.56 Å². The van der Waals surface area contributed by atoms with Crippen LogP contribution in [0.15, 0.2) is 24.3 Å². The summed E-state index contributed by atoms with van der Waals surface area (Å²) in [5.74, 6) is 5.42. The van der Waals surface area contributed by atoms with E-state index >= 15 is 0 Å². The topological polar surface area (TPSA) is 26.3 Å². The van der Waals surface area contributed by atoms with Crippen molar-refractivity contribution >= 4 is 5.97 Å². The number of ether oxygens (including phenoxy) is 1. The maximum absolute atomic E-state index is 11.7. The molecule has 2 nitrogen and oxygen atoms in total. The van der Waals surface area contributed by atoms with Gasteiger partial charge in [-0.3, -0.25) is 0 Å². The molecule has 84 valence electrons. The van der Waals surface area contributed by atoms with Crippen molar-refractivity contribution in [3.05, 3.63) is 35.4 Å². The minimum Gasteiger partial charge on any atom is -0.456 e. The Bertz CT molecular complexity index is 425. The van der Waals surface area contributed by atoms with Crippen LogP contribution in [0.2, 0.25) is 0 Å². The monoisotopic (exact) mass is 216 g/mol. The maximum atomic E-state index is 11.7. The molecule has 0 radical (unpaired) electrons. The van der Waals surface area contributed by atoms with Gasteiger partial charge in [-0.25, -0.2) is 4.79 Å². The summed E-state index contributed by atoms with van der Waals surface area (Å²) in [5.41, 5.74) is 0.991. The highest BCUT2D eigenvalue weighted by Crippen LogP contribution is 2.12. The first-order valence-electron chi connectivity index (χ1n) is 5.18. The van der Waals surface area contributed by atoms with Crippen molar-refractivity contribution in [2.24, 2.45) is 0 Å². The number of carbonyl (C=O) groups excluding carboxylic acids is 1. The molecule has 0 atom stereocenters. The normalized spacial score (nSPS) is 10.2. The van der Waals surface area contributed by atoms with Crippen molar-refractivity contribution in [1.29, 1.82) is 0 Å². The molecular formula is C14H16O2. The van der Waals surface area contributed by atoms with Crippen LogP contribution in [0.25, 0.3) is 0 Å². The van der Waals surface area contributed by atoms with E-state index in [1.165, 1.54) is 0 Å². The Morgan fingerprint density at radius 1 is 1.19 bits per heavy atom. The third-order valence-electron chi connectivity index (χ3n) is 1.79. The summed E-state index contributed by atoms with van der Waals surface area (Å²) in [4.78, 5) is 11.7. The lowest BCUT2D eigenvalue weighted by molar-refractivity contribution is 0.00696. The van der Waals surface area contributed by atoms with Gasteiger partial charge in [0.25, 0.3) is 0 Å². The average molecular weight is 216 g/mol. The maximum Gasteiger partial charge on any atom is 0.338 e. The largest absolute Gasteiger partial charge is 0.456 e. The smallest absolute Gasteiger partial charge is 0.338 e. The molecule has 1 aromatic carbocycles. The van der Waals surface area contributed by atoms with Crippen LogP contribution in [-0.2, 0) is 4.74 Å². The molecule has 0 fully saturated rings. The van der Waals surface area contributed by atoms with Crippen molar-refractivity contribution in [2.75, 3.05) is 0 Å². The minimum atomic E-state index is -0.459. The van der Waals surface area contributed by atoms with Gasteiger partial charge in [0, 0.05) is 5.56 Å². The van der Waals surface area contributed by atoms with Gasteiger partial charge in [-0.05, 0) is 52.0 Å². The number of hydrogen-bond donors (Lipinski definition) is 0. The molecule has 0 aliphatic heterocycles. The first-order chi connectivity index (χ1) is 7.42. The Balaban J connectivity index is 2.81. The Kier molecular flexibility index (Phi) is 3.73. The molecule has 0 N–H and O–H groups in total. The average Bonchev–Trinajstić information content (AvgIpc) is 2.16. The molecule has 1 aromatic rings. The second-order valence-corrected chi connectivity index (χ2v) is 4.45. The molecule has 2 heteroatoms. The second-order valence-electron chi connectivity index (χ2n) is 4.45. The Morgan fingerprint density at radius 3 is 2.19 bits per heavy atom. The van der Waals surface area contributed by atoms with E-state index in [0.717, 1.165) is 5.56 Å². The van der Waals surface area contributed by atoms with Crippen LogP contribution in [0.4, 0.5) is 0 Å². The van der Waals surface area contributed by atoms with Crippen molar-refractivity contribution in [2.45, 2.75) is 33.3 Å². The predicted molar refractivity (Wildman–Crippen MR) is 64.2 cm³/mol. The van der Waals surface area contributed by atoms with E-state index in [0.29, 0.717) is 5.56 Å². The van der Waals surface area contributed by atoms with E-state index in [2.05, 4.69) is 11.8 Å². The summed E-state index contributed by atoms with van der Waals surface area (Å²) in [6.07, 6.45) is 0. The molecule has 0 saturated heterocycles. The molecule has 0 bridgehead atoms. The van der Waals surface area contributed by atoms with Gasteiger partial charge in [-0.2, -0.15) is 0 Å². The zero-order valence-corrected chi connectivity index (χ0v) is 10.1. The van der Waals surface area contributed by atoms with E-state index < -0.39 is 5.60 Å². The van der Waals surface area contributed by atoms with Crippen molar-refractivity contribution < 1.29 is 9.53 Å². The highest BCUT2D eigenvalue weighted by molar-refractivity contribution is 5.89. The quantitative estimate of drug-likeness (QED) is 0.533. The summed E-state index contributed by atoms with van der Waals surface area (Å²) in [5, 5.41) is 0.